The quantitative estimate of drug-likeness (QED) is 0.827. The van der Waals surface area contributed by atoms with Crippen LogP contribution in [0.4, 0.5) is 5.69 Å². The third-order valence-corrected chi connectivity index (χ3v) is 4.44. The van der Waals surface area contributed by atoms with Crippen molar-refractivity contribution in [1.29, 1.82) is 0 Å². The minimum atomic E-state index is -0.0826. The predicted molar refractivity (Wildman–Crippen MR) is 78.3 cm³/mol. The molecule has 3 rings (SSSR count). The summed E-state index contributed by atoms with van der Waals surface area (Å²) in [4.78, 5) is 17.9. The van der Waals surface area contributed by atoms with Gasteiger partial charge in [0.1, 0.15) is 9.71 Å². The summed E-state index contributed by atoms with van der Waals surface area (Å²) in [5, 5.41) is 3.91. The molecule has 0 saturated heterocycles. The van der Waals surface area contributed by atoms with E-state index >= 15 is 0 Å². The van der Waals surface area contributed by atoms with Crippen molar-refractivity contribution < 1.29 is 4.79 Å². The molecule has 0 aromatic carbocycles. The fraction of sp³-hybridized carbons (Fsp3) is 0.286. The van der Waals surface area contributed by atoms with Gasteiger partial charge in [-0.2, -0.15) is 0 Å². The number of fused-ring (bicyclic) bond motifs is 1. The molecule has 0 bridgehead atoms. The first-order valence-electron chi connectivity index (χ1n) is 6.34. The Balaban J connectivity index is 1.85. The van der Waals surface area contributed by atoms with E-state index in [9.17, 15) is 4.79 Å². The number of nitrogen functional groups attached to an aromatic ring is 1. The van der Waals surface area contributed by atoms with Crippen LogP contribution in [0.1, 0.15) is 28.9 Å². The van der Waals surface area contributed by atoms with Gasteiger partial charge < -0.3 is 11.1 Å². The number of allylic oxidation sites excluding steroid dienone is 1. The number of thiophene rings is 1. The molecule has 19 heavy (non-hydrogen) atoms. The van der Waals surface area contributed by atoms with Crippen LogP contribution in [0.25, 0.3) is 10.2 Å². The first kappa shape index (κ1) is 12.2. The summed E-state index contributed by atoms with van der Waals surface area (Å²) >= 11 is 1.35. The molecule has 5 heteroatoms. The number of pyridine rings is 1. The largest absolute Gasteiger partial charge is 0.397 e. The second-order valence-electron chi connectivity index (χ2n) is 4.66. The molecule has 0 saturated carbocycles. The Bertz CT molecular complexity index is 647. The first-order chi connectivity index (χ1) is 9.25. The fourth-order valence-corrected chi connectivity index (χ4v) is 3.26. The molecule has 3 N–H and O–H groups in total. The molecule has 2 heterocycles. The monoisotopic (exact) mass is 273 g/mol. The summed E-state index contributed by atoms with van der Waals surface area (Å²) in [7, 11) is 0. The molecule has 0 radical (unpaired) electrons. The number of nitrogens with one attached hydrogen (secondary N) is 1. The highest BCUT2D eigenvalue weighted by Crippen LogP contribution is 2.32. The summed E-state index contributed by atoms with van der Waals surface area (Å²) in [6, 6.07) is 3.95. The average molecular weight is 273 g/mol. The van der Waals surface area contributed by atoms with E-state index in [-0.39, 0.29) is 11.9 Å². The lowest BCUT2D eigenvalue weighted by Gasteiger charge is -2.18. The third kappa shape index (κ3) is 2.33. The van der Waals surface area contributed by atoms with Gasteiger partial charge in [-0.15, -0.1) is 11.3 Å². The highest BCUT2D eigenvalue weighted by molar-refractivity contribution is 7.21. The van der Waals surface area contributed by atoms with Crippen molar-refractivity contribution in [2.75, 3.05) is 5.73 Å². The number of rotatable bonds is 2. The van der Waals surface area contributed by atoms with Crippen molar-refractivity contribution >= 4 is 33.1 Å². The Labute approximate surface area is 115 Å². The number of nitrogens with two attached hydrogens (primary N) is 1. The summed E-state index contributed by atoms with van der Waals surface area (Å²) < 4.78 is 0. The predicted octanol–water partition coefficient (Wildman–Crippen LogP) is 2.72. The van der Waals surface area contributed by atoms with Crippen LogP contribution in [-0.2, 0) is 0 Å². The normalized spacial score (nSPS) is 18.6. The molecule has 1 aliphatic rings. The van der Waals surface area contributed by atoms with Gasteiger partial charge in [0, 0.05) is 17.6 Å². The zero-order chi connectivity index (χ0) is 13.2. The van der Waals surface area contributed by atoms with Crippen LogP contribution in [0.3, 0.4) is 0 Å². The van der Waals surface area contributed by atoms with Gasteiger partial charge in [0.25, 0.3) is 5.91 Å². The van der Waals surface area contributed by atoms with E-state index in [4.69, 9.17) is 5.73 Å². The Hall–Kier alpha value is -1.88. The standard InChI is InChI=1S/C14H15N3OS/c15-11-10-7-4-8-16-14(10)19-12(11)13(18)17-9-5-2-1-3-6-9/h1-2,4,7-9H,3,5-6,15H2,(H,17,18)/t9-/m1/s1. The molecule has 4 nitrogen and oxygen atoms in total. The highest BCUT2D eigenvalue weighted by atomic mass is 32.1. The molecule has 0 unspecified atom stereocenters. The Morgan fingerprint density at radius 1 is 1.47 bits per heavy atom. The van der Waals surface area contributed by atoms with Crippen LogP contribution in [0.5, 0.6) is 0 Å². The lowest BCUT2D eigenvalue weighted by molar-refractivity contribution is 0.0939. The van der Waals surface area contributed by atoms with Crippen LogP contribution in [0.2, 0.25) is 0 Å². The van der Waals surface area contributed by atoms with Crippen molar-refractivity contribution in [3.05, 3.63) is 35.4 Å². The maximum Gasteiger partial charge on any atom is 0.263 e. The molecule has 0 fully saturated rings. The molecular weight excluding hydrogens is 258 g/mol. The van der Waals surface area contributed by atoms with Crippen molar-refractivity contribution in [2.45, 2.75) is 25.3 Å². The van der Waals surface area contributed by atoms with E-state index in [1.54, 1.807) is 6.20 Å². The van der Waals surface area contributed by atoms with Crippen molar-refractivity contribution in [1.82, 2.24) is 10.3 Å². The summed E-state index contributed by atoms with van der Waals surface area (Å²) in [5.74, 6) is -0.0826. The smallest absolute Gasteiger partial charge is 0.263 e. The number of aromatic nitrogens is 1. The Morgan fingerprint density at radius 2 is 2.37 bits per heavy atom. The maximum atomic E-state index is 12.3. The van der Waals surface area contributed by atoms with E-state index in [1.807, 2.05) is 12.1 Å². The number of carbonyl (C=O) groups excluding carboxylic acids is 1. The van der Waals surface area contributed by atoms with Gasteiger partial charge in [-0.25, -0.2) is 4.98 Å². The molecule has 2 aromatic heterocycles. The number of carbonyl (C=O) groups is 1. The Morgan fingerprint density at radius 3 is 3.11 bits per heavy atom. The van der Waals surface area contributed by atoms with Crippen LogP contribution >= 0.6 is 11.3 Å². The molecule has 1 aliphatic carbocycles. The Kier molecular flexibility index (Phi) is 3.21. The molecule has 98 valence electrons. The van der Waals surface area contributed by atoms with Crippen molar-refractivity contribution in [3.63, 3.8) is 0 Å². The van der Waals surface area contributed by atoms with Crippen LogP contribution in [0.15, 0.2) is 30.5 Å². The van der Waals surface area contributed by atoms with Gasteiger partial charge in [-0.05, 0) is 31.4 Å². The molecule has 2 aromatic rings. The van der Waals surface area contributed by atoms with Crippen LogP contribution < -0.4 is 11.1 Å². The zero-order valence-corrected chi connectivity index (χ0v) is 11.2. The summed E-state index contributed by atoms with van der Waals surface area (Å²) in [6.07, 6.45) is 8.89. The SMILES string of the molecule is Nc1c(C(=O)N[C@@H]2CC=CCC2)sc2ncccc12. The number of hydrogen-bond acceptors (Lipinski definition) is 4. The number of amides is 1. The molecule has 1 atom stereocenters. The fourth-order valence-electron chi connectivity index (χ4n) is 2.30. The van der Waals surface area contributed by atoms with E-state index in [0.29, 0.717) is 10.6 Å². The average Bonchev–Trinajstić information content (AvgIpc) is 2.78. The summed E-state index contributed by atoms with van der Waals surface area (Å²) in [5.41, 5.74) is 6.58. The van der Waals surface area contributed by atoms with Crippen molar-refractivity contribution in [3.8, 4) is 0 Å². The topological polar surface area (TPSA) is 68.0 Å². The van der Waals surface area contributed by atoms with E-state index < -0.39 is 0 Å². The molecule has 0 aliphatic heterocycles. The van der Waals surface area contributed by atoms with Gasteiger partial charge in [-0.3, -0.25) is 4.79 Å². The highest BCUT2D eigenvalue weighted by Gasteiger charge is 2.20. The second-order valence-corrected chi connectivity index (χ2v) is 5.65. The third-order valence-electron chi connectivity index (χ3n) is 3.32. The molecule has 1 amide bonds. The van der Waals surface area contributed by atoms with Gasteiger partial charge in [-0.1, -0.05) is 12.2 Å². The number of anilines is 1. The second kappa shape index (κ2) is 5.01. The van der Waals surface area contributed by atoms with Gasteiger partial charge in [0.15, 0.2) is 0 Å². The molecule has 0 spiro atoms. The van der Waals surface area contributed by atoms with Crippen molar-refractivity contribution in [2.24, 2.45) is 0 Å². The minimum Gasteiger partial charge on any atom is -0.397 e. The van der Waals surface area contributed by atoms with Gasteiger partial charge >= 0.3 is 0 Å². The minimum absolute atomic E-state index is 0.0826. The zero-order valence-electron chi connectivity index (χ0n) is 10.4. The van der Waals surface area contributed by atoms with E-state index in [0.717, 1.165) is 29.5 Å². The van der Waals surface area contributed by atoms with E-state index in [1.165, 1.54) is 11.3 Å². The van der Waals surface area contributed by atoms with E-state index in [2.05, 4.69) is 22.5 Å². The number of hydrogen-bond donors (Lipinski definition) is 2. The maximum absolute atomic E-state index is 12.3. The lowest BCUT2D eigenvalue weighted by atomic mass is 10.0. The van der Waals surface area contributed by atoms with Crippen LogP contribution in [-0.4, -0.2) is 16.9 Å². The van der Waals surface area contributed by atoms with Gasteiger partial charge in [0.2, 0.25) is 0 Å². The lowest BCUT2D eigenvalue weighted by Crippen LogP contribution is -2.35. The first-order valence-corrected chi connectivity index (χ1v) is 7.16. The summed E-state index contributed by atoms with van der Waals surface area (Å²) in [6.45, 7) is 0. The molecular formula is C14H15N3OS. The van der Waals surface area contributed by atoms with Gasteiger partial charge in [0.05, 0.1) is 5.69 Å². The van der Waals surface area contributed by atoms with Crippen LogP contribution in [0, 0.1) is 0 Å². The number of nitrogens with zero attached hydrogens (tertiary/aromatic N) is 1.